The molecule has 0 saturated heterocycles. The number of ether oxygens (including phenoxy) is 1. The molecule has 3 nitrogen and oxygen atoms in total. The minimum absolute atomic E-state index is 0.130. The average Bonchev–Trinajstić information content (AvgIpc) is 2.48. The van der Waals surface area contributed by atoms with Crippen molar-refractivity contribution in [3.8, 4) is 28.4 Å². The van der Waals surface area contributed by atoms with Crippen molar-refractivity contribution >= 4 is 10.8 Å². The minimum Gasteiger partial charge on any atom is -0.508 e. The van der Waals surface area contributed by atoms with Crippen LogP contribution in [0.25, 0.3) is 21.9 Å². The molecule has 0 atom stereocenters. The molecule has 3 rings (SSSR count). The third-order valence-corrected chi connectivity index (χ3v) is 3.36. The van der Waals surface area contributed by atoms with Crippen molar-refractivity contribution < 1.29 is 14.9 Å². The molecule has 20 heavy (non-hydrogen) atoms. The van der Waals surface area contributed by atoms with E-state index in [1.54, 1.807) is 25.3 Å². The largest absolute Gasteiger partial charge is 0.508 e. The zero-order chi connectivity index (χ0) is 14.1. The van der Waals surface area contributed by atoms with E-state index in [0.717, 1.165) is 16.3 Å². The minimum atomic E-state index is 0.130. The van der Waals surface area contributed by atoms with Crippen LogP contribution in [0.5, 0.6) is 17.2 Å². The fraction of sp³-hybridized carbons (Fsp3) is 0.0588. The molecule has 2 N–H and O–H groups in total. The third-order valence-electron chi connectivity index (χ3n) is 3.36. The molecular formula is C17H14O3. The molecular weight excluding hydrogens is 252 g/mol. The predicted octanol–water partition coefficient (Wildman–Crippen LogP) is 3.93. The molecule has 0 unspecified atom stereocenters. The van der Waals surface area contributed by atoms with Crippen LogP contribution in [0, 0.1) is 0 Å². The van der Waals surface area contributed by atoms with E-state index < -0.39 is 0 Å². The van der Waals surface area contributed by atoms with Gasteiger partial charge in [-0.25, -0.2) is 0 Å². The van der Waals surface area contributed by atoms with E-state index in [-0.39, 0.29) is 11.5 Å². The molecule has 0 aliphatic rings. The second-order valence-electron chi connectivity index (χ2n) is 4.57. The van der Waals surface area contributed by atoms with Crippen LogP contribution in [0.4, 0.5) is 0 Å². The fourth-order valence-electron chi connectivity index (χ4n) is 2.43. The van der Waals surface area contributed by atoms with Crippen molar-refractivity contribution in [1.29, 1.82) is 0 Å². The Labute approximate surface area is 116 Å². The van der Waals surface area contributed by atoms with Crippen LogP contribution >= 0.6 is 0 Å². The van der Waals surface area contributed by atoms with Crippen molar-refractivity contribution in [3.63, 3.8) is 0 Å². The van der Waals surface area contributed by atoms with Gasteiger partial charge in [0.2, 0.25) is 0 Å². The topological polar surface area (TPSA) is 49.7 Å². The lowest BCUT2D eigenvalue weighted by Crippen LogP contribution is -1.89. The summed E-state index contributed by atoms with van der Waals surface area (Å²) >= 11 is 0. The summed E-state index contributed by atoms with van der Waals surface area (Å²) in [6.07, 6.45) is 0. The van der Waals surface area contributed by atoms with Crippen LogP contribution in [0.3, 0.4) is 0 Å². The molecule has 0 aromatic heterocycles. The molecule has 100 valence electrons. The predicted molar refractivity (Wildman–Crippen MR) is 79.3 cm³/mol. The van der Waals surface area contributed by atoms with Gasteiger partial charge in [0.25, 0.3) is 0 Å². The Morgan fingerprint density at radius 3 is 2.50 bits per heavy atom. The lowest BCUT2D eigenvalue weighted by atomic mass is 9.96. The Bertz CT molecular complexity index is 778. The molecule has 3 aromatic rings. The molecule has 0 aliphatic heterocycles. The Hall–Kier alpha value is -2.68. The van der Waals surface area contributed by atoms with E-state index in [9.17, 15) is 10.2 Å². The van der Waals surface area contributed by atoms with Crippen molar-refractivity contribution in [2.45, 2.75) is 0 Å². The summed E-state index contributed by atoms with van der Waals surface area (Å²) in [4.78, 5) is 0. The van der Waals surface area contributed by atoms with Crippen molar-refractivity contribution in [2.24, 2.45) is 0 Å². The Morgan fingerprint density at radius 2 is 1.70 bits per heavy atom. The van der Waals surface area contributed by atoms with Gasteiger partial charge in [-0.1, -0.05) is 30.3 Å². The first kappa shape index (κ1) is 12.4. The quantitative estimate of drug-likeness (QED) is 0.739. The van der Waals surface area contributed by atoms with E-state index in [1.165, 1.54) is 6.07 Å². The van der Waals surface area contributed by atoms with Crippen LogP contribution < -0.4 is 4.74 Å². The first-order chi connectivity index (χ1) is 9.70. The van der Waals surface area contributed by atoms with Gasteiger partial charge in [-0.3, -0.25) is 0 Å². The van der Waals surface area contributed by atoms with Crippen molar-refractivity contribution in [3.05, 3.63) is 54.6 Å². The van der Waals surface area contributed by atoms with Gasteiger partial charge < -0.3 is 14.9 Å². The maximum Gasteiger partial charge on any atom is 0.130 e. The summed E-state index contributed by atoms with van der Waals surface area (Å²) in [6.45, 7) is 0. The number of aromatic hydroxyl groups is 2. The summed E-state index contributed by atoms with van der Waals surface area (Å²) in [5, 5.41) is 21.8. The SMILES string of the molecule is COc1cc(O)ccc1-c1c(O)ccc2ccccc12. The summed E-state index contributed by atoms with van der Waals surface area (Å²) in [6, 6.07) is 16.2. The highest BCUT2D eigenvalue weighted by Crippen LogP contribution is 2.41. The van der Waals surface area contributed by atoms with Gasteiger partial charge in [0.15, 0.2) is 0 Å². The number of hydrogen-bond donors (Lipinski definition) is 2. The number of methoxy groups -OCH3 is 1. The summed E-state index contributed by atoms with van der Waals surface area (Å²) in [5.41, 5.74) is 1.46. The highest BCUT2D eigenvalue weighted by atomic mass is 16.5. The van der Waals surface area contributed by atoms with Gasteiger partial charge in [-0.05, 0) is 29.0 Å². The Balaban J connectivity index is 2.37. The van der Waals surface area contributed by atoms with Gasteiger partial charge in [-0.15, -0.1) is 0 Å². The van der Waals surface area contributed by atoms with Gasteiger partial charge in [0.05, 0.1) is 7.11 Å². The number of hydrogen-bond acceptors (Lipinski definition) is 3. The summed E-state index contributed by atoms with van der Waals surface area (Å²) in [7, 11) is 1.54. The molecule has 0 amide bonds. The molecule has 0 saturated carbocycles. The van der Waals surface area contributed by atoms with E-state index in [4.69, 9.17) is 4.74 Å². The standard InChI is InChI=1S/C17H14O3/c1-20-16-10-12(18)7-8-14(16)17-13-5-3-2-4-11(13)6-9-15(17)19/h2-10,18-19H,1H3. The second kappa shape index (κ2) is 4.78. The molecule has 0 radical (unpaired) electrons. The average molecular weight is 266 g/mol. The number of benzene rings is 3. The number of fused-ring (bicyclic) bond motifs is 1. The first-order valence-corrected chi connectivity index (χ1v) is 6.29. The van der Waals surface area contributed by atoms with Crippen LogP contribution in [-0.4, -0.2) is 17.3 Å². The van der Waals surface area contributed by atoms with Crippen LogP contribution in [-0.2, 0) is 0 Å². The van der Waals surface area contributed by atoms with E-state index in [1.807, 2.05) is 30.3 Å². The van der Waals surface area contributed by atoms with Gasteiger partial charge >= 0.3 is 0 Å². The number of phenols is 2. The third kappa shape index (κ3) is 1.93. The molecule has 0 fully saturated rings. The smallest absolute Gasteiger partial charge is 0.130 e. The molecule has 3 heteroatoms. The van der Waals surface area contributed by atoms with Crippen molar-refractivity contribution in [1.82, 2.24) is 0 Å². The highest BCUT2D eigenvalue weighted by molar-refractivity contribution is 6.01. The van der Waals surface area contributed by atoms with E-state index in [0.29, 0.717) is 11.3 Å². The maximum atomic E-state index is 10.2. The molecule has 0 bridgehead atoms. The van der Waals surface area contributed by atoms with Gasteiger partial charge in [0.1, 0.15) is 17.2 Å². The maximum absolute atomic E-state index is 10.2. The summed E-state index contributed by atoms with van der Waals surface area (Å²) < 4.78 is 5.31. The van der Waals surface area contributed by atoms with Gasteiger partial charge in [-0.2, -0.15) is 0 Å². The molecule has 0 heterocycles. The zero-order valence-electron chi connectivity index (χ0n) is 11.0. The Kier molecular flexibility index (Phi) is 2.95. The number of rotatable bonds is 2. The second-order valence-corrected chi connectivity index (χ2v) is 4.57. The van der Waals surface area contributed by atoms with Gasteiger partial charge in [0, 0.05) is 17.2 Å². The zero-order valence-corrected chi connectivity index (χ0v) is 11.0. The molecule has 3 aromatic carbocycles. The number of phenolic OH excluding ortho intramolecular Hbond substituents is 2. The van der Waals surface area contributed by atoms with Crippen LogP contribution in [0.15, 0.2) is 54.6 Å². The van der Waals surface area contributed by atoms with E-state index >= 15 is 0 Å². The summed E-state index contributed by atoms with van der Waals surface area (Å²) in [5.74, 6) is 0.842. The monoisotopic (exact) mass is 266 g/mol. The Morgan fingerprint density at radius 1 is 0.900 bits per heavy atom. The molecule has 0 spiro atoms. The molecule has 0 aliphatic carbocycles. The lowest BCUT2D eigenvalue weighted by molar-refractivity contribution is 0.408. The van der Waals surface area contributed by atoms with E-state index in [2.05, 4.69) is 0 Å². The first-order valence-electron chi connectivity index (χ1n) is 6.29. The normalized spacial score (nSPS) is 10.7. The van der Waals surface area contributed by atoms with Crippen molar-refractivity contribution in [2.75, 3.05) is 7.11 Å². The highest BCUT2D eigenvalue weighted by Gasteiger charge is 2.14. The van der Waals surface area contributed by atoms with Crippen LogP contribution in [0.1, 0.15) is 0 Å². The fourth-order valence-corrected chi connectivity index (χ4v) is 2.43. The lowest BCUT2D eigenvalue weighted by Gasteiger charge is -2.13. The van der Waals surface area contributed by atoms with Crippen LogP contribution in [0.2, 0.25) is 0 Å².